The van der Waals surface area contributed by atoms with Crippen molar-refractivity contribution in [1.29, 1.82) is 0 Å². The Morgan fingerprint density at radius 1 is 1.35 bits per heavy atom. The van der Waals surface area contributed by atoms with Gasteiger partial charge in [-0.05, 0) is 33.2 Å². The molecule has 1 saturated heterocycles. The molecule has 4 heteroatoms. The largest absolute Gasteiger partial charge is 0.496 e. The Hall–Kier alpha value is -1.13. The van der Waals surface area contributed by atoms with E-state index in [1.165, 1.54) is 18.4 Å². The second-order valence-electron chi connectivity index (χ2n) is 5.65. The lowest BCUT2D eigenvalue weighted by molar-refractivity contribution is 0.189. The van der Waals surface area contributed by atoms with Gasteiger partial charge in [0.15, 0.2) is 0 Å². The van der Waals surface area contributed by atoms with Gasteiger partial charge in [-0.3, -0.25) is 9.88 Å². The summed E-state index contributed by atoms with van der Waals surface area (Å²) in [6.45, 7) is 10.6. The number of nitrogens with zero attached hydrogens (tertiary/aromatic N) is 2. The highest BCUT2D eigenvalue weighted by Gasteiger charge is 2.20. The van der Waals surface area contributed by atoms with Crippen molar-refractivity contribution < 1.29 is 4.74 Å². The molecular weight excluding hydrogens is 250 g/mol. The predicted octanol–water partition coefficient (Wildman–Crippen LogP) is 2.28. The fourth-order valence-corrected chi connectivity index (χ4v) is 3.03. The number of hydrogen-bond donors (Lipinski definition) is 1. The Kier molecular flexibility index (Phi) is 5.38. The van der Waals surface area contributed by atoms with Crippen LogP contribution < -0.4 is 10.1 Å². The van der Waals surface area contributed by atoms with Gasteiger partial charge in [-0.1, -0.05) is 6.92 Å². The topological polar surface area (TPSA) is 37.4 Å². The van der Waals surface area contributed by atoms with Gasteiger partial charge in [0.25, 0.3) is 0 Å². The summed E-state index contributed by atoms with van der Waals surface area (Å²) in [5.74, 6) is 0.984. The van der Waals surface area contributed by atoms with Gasteiger partial charge in [0.2, 0.25) is 0 Å². The fraction of sp³-hybridized carbons (Fsp3) is 0.688. The summed E-state index contributed by atoms with van der Waals surface area (Å²) in [5.41, 5.74) is 3.44. The van der Waals surface area contributed by atoms with Crippen molar-refractivity contribution in [3.8, 4) is 5.75 Å². The number of aryl methyl sites for hydroxylation is 1. The van der Waals surface area contributed by atoms with Gasteiger partial charge in [-0.25, -0.2) is 0 Å². The zero-order valence-corrected chi connectivity index (χ0v) is 13.2. The van der Waals surface area contributed by atoms with E-state index in [1.807, 2.05) is 13.1 Å². The van der Waals surface area contributed by atoms with Gasteiger partial charge < -0.3 is 10.1 Å². The lowest BCUT2D eigenvalue weighted by atomic mass is 10.0. The number of pyridine rings is 1. The number of ether oxygens (including phenoxy) is 1. The molecule has 0 saturated carbocycles. The van der Waals surface area contributed by atoms with Gasteiger partial charge >= 0.3 is 0 Å². The van der Waals surface area contributed by atoms with Gasteiger partial charge in [0.1, 0.15) is 5.75 Å². The first kappa shape index (κ1) is 15.3. The minimum absolute atomic E-state index is 0.692. The first-order valence-corrected chi connectivity index (χ1v) is 7.60. The van der Waals surface area contributed by atoms with Gasteiger partial charge in [0, 0.05) is 43.0 Å². The number of methoxy groups -OCH3 is 1. The maximum atomic E-state index is 5.49. The maximum absolute atomic E-state index is 5.49. The Balaban J connectivity index is 1.98. The number of piperidine rings is 1. The van der Waals surface area contributed by atoms with Crippen LogP contribution in [0.3, 0.4) is 0 Å². The Labute approximate surface area is 122 Å². The highest BCUT2D eigenvalue weighted by atomic mass is 16.5. The van der Waals surface area contributed by atoms with Crippen molar-refractivity contribution in [3.63, 3.8) is 0 Å². The SMILES string of the molecule is CCNC1CCN(Cc2ncc(C)c(OC)c2C)CC1. The van der Waals surface area contributed by atoms with E-state index >= 15 is 0 Å². The number of likely N-dealkylation sites (tertiary alicyclic amines) is 1. The van der Waals surface area contributed by atoms with E-state index in [-0.39, 0.29) is 0 Å². The minimum Gasteiger partial charge on any atom is -0.496 e. The molecule has 1 fully saturated rings. The molecule has 0 amide bonds. The summed E-state index contributed by atoms with van der Waals surface area (Å²) in [6.07, 6.45) is 4.39. The van der Waals surface area contributed by atoms with Crippen LogP contribution in [0.1, 0.15) is 36.6 Å². The quantitative estimate of drug-likeness (QED) is 0.896. The van der Waals surface area contributed by atoms with Crippen molar-refractivity contribution in [2.24, 2.45) is 0 Å². The van der Waals surface area contributed by atoms with Crippen molar-refractivity contribution in [1.82, 2.24) is 15.2 Å². The monoisotopic (exact) mass is 277 g/mol. The molecule has 1 aromatic rings. The Bertz CT molecular complexity index is 440. The highest BCUT2D eigenvalue weighted by molar-refractivity contribution is 5.41. The van der Waals surface area contributed by atoms with Crippen molar-refractivity contribution in [3.05, 3.63) is 23.0 Å². The van der Waals surface area contributed by atoms with Crippen molar-refractivity contribution in [2.45, 2.75) is 46.2 Å². The number of nitrogens with one attached hydrogen (secondary N) is 1. The summed E-state index contributed by atoms with van der Waals surface area (Å²) in [7, 11) is 1.74. The first-order valence-electron chi connectivity index (χ1n) is 7.60. The second kappa shape index (κ2) is 7.04. The van der Waals surface area contributed by atoms with Crippen LogP contribution in [-0.4, -0.2) is 42.7 Å². The van der Waals surface area contributed by atoms with E-state index in [1.54, 1.807) is 7.11 Å². The smallest absolute Gasteiger partial charge is 0.128 e. The molecule has 1 aromatic heterocycles. The molecule has 2 rings (SSSR count). The second-order valence-corrected chi connectivity index (χ2v) is 5.65. The normalized spacial score (nSPS) is 17.4. The van der Waals surface area contributed by atoms with E-state index in [2.05, 4.69) is 29.0 Å². The zero-order chi connectivity index (χ0) is 14.5. The van der Waals surface area contributed by atoms with Crippen molar-refractivity contribution >= 4 is 0 Å². The van der Waals surface area contributed by atoms with Crippen LogP contribution in [0.25, 0.3) is 0 Å². The number of rotatable bonds is 5. The van der Waals surface area contributed by atoms with E-state index < -0.39 is 0 Å². The molecule has 0 unspecified atom stereocenters. The third-order valence-electron chi connectivity index (χ3n) is 4.20. The van der Waals surface area contributed by atoms with E-state index in [0.29, 0.717) is 6.04 Å². The molecule has 0 spiro atoms. The molecule has 1 aliphatic heterocycles. The molecule has 0 atom stereocenters. The number of hydrogen-bond acceptors (Lipinski definition) is 4. The Morgan fingerprint density at radius 3 is 2.65 bits per heavy atom. The van der Waals surface area contributed by atoms with Crippen LogP contribution >= 0.6 is 0 Å². The molecule has 0 aliphatic carbocycles. The number of aromatic nitrogens is 1. The third kappa shape index (κ3) is 3.49. The first-order chi connectivity index (χ1) is 9.65. The Morgan fingerprint density at radius 2 is 2.05 bits per heavy atom. The summed E-state index contributed by atoms with van der Waals surface area (Å²) in [4.78, 5) is 7.10. The summed E-state index contributed by atoms with van der Waals surface area (Å²) in [6, 6.07) is 0.692. The average Bonchev–Trinajstić information content (AvgIpc) is 2.45. The van der Waals surface area contributed by atoms with E-state index in [9.17, 15) is 0 Å². The van der Waals surface area contributed by atoms with Gasteiger partial charge in [-0.2, -0.15) is 0 Å². The molecule has 2 heterocycles. The molecule has 4 nitrogen and oxygen atoms in total. The summed E-state index contributed by atoms with van der Waals surface area (Å²) >= 11 is 0. The van der Waals surface area contributed by atoms with Crippen LogP contribution in [0.2, 0.25) is 0 Å². The molecule has 0 aromatic carbocycles. The molecule has 20 heavy (non-hydrogen) atoms. The van der Waals surface area contributed by atoms with Crippen LogP contribution in [0.5, 0.6) is 5.75 Å². The standard InChI is InChI=1S/C16H27N3O/c1-5-17-14-6-8-19(9-7-14)11-15-13(3)16(20-4)12(2)10-18-15/h10,14,17H,5-9,11H2,1-4H3. The van der Waals surface area contributed by atoms with Crippen LogP contribution in [-0.2, 0) is 6.54 Å². The fourth-order valence-electron chi connectivity index (χ4n) is 3.03. The van der Waals surface area contributed by atoms with Crippen LogP contribution in [0, 0.1) is 13.8 Å². The van der Waals surface area contributed by atoms with Crippen molar-refractivity contribution in [2.75, 3.05) is 26.7 Å². The maximum Gasteiger partial charge on any atom is 0.128 e. The molecular formula is C16H27N3O. The minimum atomic E-state index is 0.692. The lowest BCUT2D eigenvalue weighted by Gasteiger charge is -2.32. The summed E-state index contributed by atoms with van der Waals surface area (Å²) < 4.78 is 5.49. The predicted molar refractivity (Wildman–Crippen MR) is 82.2 cm³/mol. The third-order valence-corrected chi connectivity index (χ3v) is 4.20. The van der Waals surface area contributed by atoms with E-state index in [4.69, 9.17) is 4.74 Å². The molecule has 1 aliphatic rings. The molecule has 0 radical (unpaired) electrons. The zero-order valence-electron chi connectivity index (χ0n) is 13.2. The van der Waals surface area contributed by atoms with E-state index in [0.717, 1.165) is 43.2 Å². The molecule has 112 valence electrons. The van der Waals surface area contributed by atoms with Crippen LogP contribution in [0.15, 0.2) is 6.20 Å². The molecule has 1 N–H and O–H groups in total. The van der Waals surface area contributed by atoms with Gasteiger partial charge in [-0.15, -0.1) is 0 Å². The highest BCUT2D eigenvalue weighted by Crippen LogP contribution is 2.25. The lowest BCUT2D eigenvalue weighted by Crippen LogP contribution is -2.42. The molecule has 0 bridgehead atoms. The average molecular weight is 277 g/mol. The van der Waals surface area contributed by atoms with Crippen LogP contribution in [0.4, 0.5) is 0 Å². The summed E-state index contributed by atoms with van der Waals surface area (Å²) in [5, 5.41) is 3.54. The van der Waals surface area contributed by atoms with Gasteiger partial charge in [0.05, 0.1) is 12.8 Å².